The van der Waals surface area contributed by atoms with Crippen molar-refractivity contribution in [2.75, 3.05) is 11.9 Å². The van der Waals surface area contributed by atoms with Gasteiger partial charge in [0.2, 0.25) is 0 Å². The monoisotopic (exact) mass is 343 g/mol. The summed E-state index contributed by atoms with van der Waals surface area (Å²) in [7, 11) is 4.00. The molecule has 0 radical (unpaired) electrons. The highest BCUT2D eigenvalue weighted by molar-refractivity contribution is 7.05. The second kappa shape index (κ2) is 6.08. The van der Waals surface area contributed by atoms with Crippen LogP contribution in [0.15, 0.2) is 6.20 Å². The second-order valence-corrected chi connectivity index (χ2v) is 7.37. The van der Waals surface area contributed by atoms with E-state index in [4.69, 9.17) is 9.97 Å². The molecule has 1 aliphatic rings. The largest absolute Gasteiger partial charge is 0.354 e. The average molecular weight is 343 g/mol. The molecule has 126 valence electrons. The van der Waals surface area contributed by atoms with Gasteiger partial charge in [0, 0.05) is 20.0 Å². The Labute approximate surface area is 144 Å². The standard InChI is InChI=1S/C16H21N7S/c1-10-13(24-21-20-10)9-22(2)15-12-8-17-23(3)16(12)19-14(18-15)11-6-4-5-7-11/h8,11H,4-7,9H2,1-3H3. The summed E-state index contributed by atoms with van der Waals surface area (Å²) in [5.74, 6) is 2.38. The third-order valence-corrected chi connectivity index (χ3v) is 5.61. The Hall–Kier alpha value is -2.09. The maximum atomic E-state index is 4.93. The van der Waals surface area contributed by atoms with E-state index in [0.717, 1.165) is 39.8 Å². The molecule has 7 nitrogen and oxygen atoms in total. The van der Waals surface area contributed by atoms with Gasteiger partial charge >= 0.3 is 0 Å². The van der Waals surface area contributed by atoms with Crippen molar-refractivity contribution >= 4 is 28.4 Å². The number of nitrogens with zero attached hydrogens (tertiary/aromatic N) is 7. The van der Waals surface area contributed by atoms with Crippen LogP contribution in [0.3, 0.4) is 0 Å². The van der Waals surface area contributed by atoms with E-state index in [-0.39, 0.29) is 0 Å². The molecule has 1 aliphatic carbocycles. The summed E-state index contributed by atoms with van der Waals surface area (Å²) in [5.41, 5.74) is 1.90. The molecule has 0 amide bonds. The summed E-state index contributed by atoms with van der Waals surface area (Å²) in [5, 5.41) is 9.49. The minimum Gasteiger partial charge on any atom is -0.354 e. The number of hydrogen-bond acceptors (Lipinski definition) is 7. The molecular weight excluding hydrogens is 322 g/mol. The van der Waals surface area contributed by atoms with Gasteiger partial charge in [-0.1, -0.05) is 17.3 Å². The minimum absolute atomic E-state index is 0.475. The fourth-order valence-corrected chi connectivity index (χ4v) is 4.05. The van der Waals surface area contributed by atoms with Crippen molar-refractivity contribution in [2.45, 2.75) is 45.1 Å². The lowest BCUT2D eigenvalue weighted by Crippen LogP contribution is -2.19. The molecule has 3 heterocycles. The lowest BCUT2D eigenvalue weighted by molar-refractivity contribution is 0.664. The summed E-state index contributed by atoms with van der Waals surface area (Å²) in [6, 6.07) is 0. The number of rotatable bonds is 4. The van der Waals surface area contributed by atoms with E-state index >= 15 is 0 Å². The van der Waals surface area contributed by atoms with Crippen LogP contribution >= 0.6 is 11.5 Å². The van der Waals surface area contributed by atoms with Gasteiger partial charge in [-0.25, -0.2) is 9.97 Å². The Morgan fingerprint density at radius 3 is 2.79 bits per heavy atom. The van der Waals surface area contributed by atoms with E-state index < -0.39 is 0 Å². The summed E-state index contributed by atoms with van der Waals surface area (Å²) in [4.78, 5) is 13.1. The van der Waals surface area contributed by atoms with Crippen molar-refractivity contribution in [3.8, 4) is 0 Å². The maximum absolute atomic E-state index is 4.93. The smallest absolute Gasteiger partial charge is 0.163 e. The third kappa shape index (κ3) is 2.64. The molecule has 4 rings (SSSR count). The molecule has 24 heavy (non-hydrogen) atoms. The van der Waals surface area contributed by atoms with Gasteiger partial charge < -0.3 is 4.90 Å². The van der Waals surface area contributed by atoms with Crippen LogP contribution in [0.1, 0.15) is 48.0 Å². The van der Waals surface area contributed by atoms with Crippen LogP contribution in [0.4, 0.5) is 5.82 Å². The van der Waals surface area contributed by atoms with E-state index in [1.165, 1.54) is 37.2 Å². The van der Waals surface area contributed by atoms with E-state index in [1.807, 2.05) is 24.9 Å². The van der Waals surface area contributed by atoms with Crippen LogP contribution in [0, 0.1) is 6.92 Å². The zero-order valence-corrected chi connectivity index (χ0v) is 15.0. The zero-order chi connectivity index (χ0) is 16.7. The van der Waals surface area contributed by atoms with Gasteiger partial charge in [-0.3, -0.25) is 4.68 Å². The van der Waals surface area contributed by atoms with Gasteiger partial charge in [0.15, 0.2) is 5.65 Å². The quantitative estimate of drug-likeness (QED) is 0.725. The SMILES string of the molecule is Cc1nnsc1CN(C)c1nc(C2CCCC2)nc2c1cnn2C. The number of hydrogen-bond donors (Lipinski definition) is 0. The van der Waals surface area contributed by atoms with E-state index in [9.17, 15) is 0 Å². The first-order chi connectivity index (χ1) is 11.6. The van der Waals surface area contributed by atoms with E-state index in [0.29, 0.717) is 5.92 Å². The predicted octanol–water partition coefficient (Wildman–Crippen LogP) is 2.82. The molecule has 0 saturated heterocycles. The second-order valence-electron chi connectivity index (χ2n) is 6.53. The van der Waals surface area contributed by atoms with Gasteiger partial charge in [-0.15, -0.1) is 5.10 Å². The van der Waals surface area contributed by atoms with Crippen molar-refractivity contribution in [2.24, 2.45) is 7.05 Å². The molecule has 8 heteroatoms. The number of aryl methyl sites for hydroxylation is 2. The molecule has 1 saturated carbocycles. The molecule has 0 atom stereocenters. The third-order valence-electron chi connectivity index (χ3n) is 4.80. The van der Waals surface area contributed by atoms with Gasteiger partial charge in [0.1, 0.15) is 11.6 Å². The highest BCUT2D eigenvalue weighted by atomic mass is 32.1. The summed E-state index contributed by atoms with van der Waals surface area (Å²) < 4.78 is 5.87. The summed E-state index contributed by atoms with van der Waals surface area (Å²) in [6.07, 6.45) is 6.77. The summed E-state index contributed by atoms with van der Waals surface area (Å²) >= 11 is 1.45. The van der Waals surface area contributed by atoms with Crippen LogP contribution in [0.2, 0.25) is 0 Å². The van der Waals surface area contributed by atoms with Crippen LogP contribution in [0.25, 0.3) is 11.0 Å². The lowest BCUT2D eigenvalue weighted by atomic mass is 10.1. The molecule has 0 N–H and O–H groups in total. The molecule has 0 aromatic carbocycles. The van der Waals surface area contributed by atoms with Crippen molar-refractivity contribution in [3.63, 3.8) is 0 Å². The van der Waals surface area contributed by atoms with E-state index in [1.54, 1.807) is 0 Å². The Bertz CT molecular complexity index is 863. The highest BCUT2D eigenvalue weighted by Crippen LogP contribution is 2.35. The van der Waals surface area contributed by atoms with Crippen molar-refractivity contribution in [3.05, 3.63) is 22.6 Å². The molecule has 3 aromatic rings. The maximum Gasteiger partial charge on any atom is 0.163 e. The predicted molar refractivity (Wildman–Crippen MR) is 94.3 cm³/mol. The first-order valence-corrected chi connectivity index (χ1v) is 9.09. The molecule has 1 fully saturated rings. The molecule has 0 unspecified atom stereocenters. The van der Waals surface area contributed by atoms with Crippen molar-refractivity contribution in [1.82, 2.24) is 29.3 Å². The fraction of sp³-hybridized carbons (Fsp3) is 0.562. The van der Waals surface area contributed by atoms with Gasteiger partial charge in [0.05, 0.1) is 28.7 Å². The van der Waals surface area contributed by atoms with E-state index in [2.05, 4.69) is 26.6 Å². The van der Waals surface area contributed by atoms with Gasteiger partial charge in [-0.2, -0.15) is 5.10 Å². The number of anilines is 1. The molecule has 0 bridgehead atoms. The first kappa shape index (κ1) is 15.4. The highest BCUT2D eigenvalue weighted by Gasteiger charge is 2.23. The molecular formula is C16H21N7S. The molecule has 0 spiro atoms. The van der Waals surface area contributed by atoms with Gasteiger partial charge in [-0.05, 0) is 31.3 Å². The zero-order valence-electron chi connectivity index (χ0n) is 14.2. The van der Waals surface area contributed by atoms with Crippen molar-refractivity contribution < 1.29 is 0 Å². The number of aromatic nitrogens is 6. The molecule has 3 aromatic heterocycles. The minimum atomic E-state index is 0.475. The van der Waals surface area contributed by atoms with Crippen LogP contribution in [-0.2, 0) is 13.6 Å². The Morgan fingerprint density at radius 1 is 1.29 bits per heavy atom. The fourth-order valence-electron chi connectivity index (χ4n) is 3.37. The summed E-state index contributed by atoms with van der Waals surface area (Å²) in [6.45, 7) is 2.74. The first-order valence-electron chi connectivity index (χ1n) is 8.32. The Balaban J connectivity index is 1.76. The normalized spacial score (nSPS) is 15.5. The Kier molecular flexibility index (Phi) is 3.91. The topological polar surface area (TPSA) is 72.6 Å². The van der Waals surface area contributed by atoms with Crippen LogP contribution in [-0.4, -0.2) is 36.4 Å². The molecule has 0 aliphatic heterocycles. The van der Waals surface area contributed by atoms with Crippen LogP contribution in [0.5, 0.6) is 0 Å². The van der Waals surface area contributed by atoms with Gasteiger partial charge in [0.25, 0.3) is 0 Å². The number of fused-ring (bicyclic) bond motifs is 1. The van der Waals surface area contributed by atoms with Crippen LogP contribution < -0.4 is 4.90 Å². The Morgan fingerprint density at radius 2 is 2.08 bits per heavy atom. The lowest BCUT2D eigenvalue weighted by Gasteiger charge is -2.20. The average Bonchev–Trinajstić information content (AvgIpc) is 3.30. The van der Waals surface area contributed by atoms with Crippen molar-refractivity contribution in [1.29, 1.82) is 0 Å².